The quantitative estimate of drug-likeness (QED) is 0.581. The molecule has 0 aliphatic carbocycles. The zero-order valence-corrected chi connectivity index (χ0v) is 12.1. The molecule has 2 N–H and O–H groups in total. The maximum Gasteiger partial charge on any atom is 0.220 e. The lowest BCUT2D eigenvalue weighted by atomic mass is 10.0. The molecule has 1 saturated heterocycles. The highest BCUT2D eigenvalue weighted by Crippen LogP contribution is 2.14. The standard InChI is InChI=1S/C14H28N2O3/c1-15-7-2-4-14(17)16-8-3-9-19-12-13-5-10-18-11-6-13/h13,15H,2-12H2,1H3,(H,16,17). The van der Waals surface area contributed by atoms with E-state index in [2.05, 4.69) is 10.6 Å². The van der Waals surface area contributed by atoms with E-state index in [1.54, 1.807) is 0 Å². The van der Waals surface area contributed by atoms with Crippen LogP contribution in [-0.4, -0.2) is 52.5 Å². The summed E-state index contributed by atoms with van der Waals surface area (Å²) in [5.74, 6) is 0.796. The van der Waals surface area contributed by atoms with Crippen LogP contribution in [0, 0.1) is 5.92 Å². The Kier molecular flexibility index (Phi) is 9.67. The molecular weight excluding hydrogens is 244 g/mol. The van der Waals surface area contributed by atoms with Crippen LogP contribution in [-0.2, 0) is 14.3 Å². The van der Waals surface area contributed by atoms with Crippen LogP contribution in [0.15, 0.2) is 0 Å². The van der Waals surface area contributed by atoms with Crippen LogP contribution >= 0.6 is 0 Å². The lowest BCUT2D eigenvalue weighted by molar-refractivity contribution is -0.121. The number of hydrogen-bond acceptors (Lipinski definition) is 4. The first kappa shape index (κ1) is 16.4. The highest BCUT2D eigenvalue weighted by Gasteiger charge is 2.13. The molecule has 1 aliphatic heterocycles. The van der Waals surface area contributed by atoms with Gasteiger partial charge in [-0.3, -0.25) is 4.79 Å². The Morgan fingerprint density at radius 3 is 2.79 bits per heavy atom. The molecule has 112 valence electrons. The maximum atomic E-state index is 11.4. The molecule has 0 atom stereocenters. The van der Waals surface area contributed by atoms with E-state index in [1.807, 2.05) is 7.05 Å². The summed E-state index contributed by atoms with van der Waals surface area (Å²) in [6, 6.07) is 0. The third-order valence-electron chi connectivity index (χ3n) is 3.31. The Morgan fingerprint density at radius 2 is 2.05 bits per heavy atom. The minimum atomic E-state index is 0.139. The van der Waals surface area contributed by atoms with E-state index in [0.717, 1.165) is 58.7 Å². The van der Waals surface area contributed by atoms with Gasteiger partial charge >= 0.3 is 0 Å². The van der Waals surface area contributed by atoms with Crippen molar-refractivity contribution in [3.63, 3.8) is 0 Å². The first-order chi connectivity index (χ1) is 9.33. The minimum Gasteiger partial charge on any atom is -0.381 e. The molecular formula is C14H28N2O3. The predicted octanol–water partition coefficient (Wildman–Crippen LogP) is 0.935. The highest BCUT2D eigenvalue weighted by atomic mass is 16.5. The number of carbonyl (C=O) groups is 1. The van der Waals surface area contributed by atoms with Crippen LogP contribution in [0.5, 0.6) is 0 Å². The third-order valence-corrected chi connectivity index (χ3v) is 3.31. The van der Waals surface area contributed by atoms with Gasteiger partial charge in [-0.15, -0.1) is 0 Å². The monoisotopic (exact) mass is 272 g/mol. The van der Waals surface area contributed by atoms with Crippen molar-refractivity contribution in [2.24, 2.45) is 5.92 Å². The molecule has 0 saturated carbocycles. The van der Waals surface area contributed by atoms with Crippen LogP contribution < -0.4 is 10.6 Å². The van der Waals surface area contributed by atoms with Crippen molar-refractivity contribution in [1.29, 1.82) is 0 Å². The minimum absolute atomic E-state index is 0.139. The van der Waals surface area contributed by atoms with Crippen LogP contribution in [0.1, 0.15) is 32.1 Å². The average molecular weight is 272 g/mol. The van der Waals surface area contributed by atoms with E-state index in [-0.39, 0.29) is 5.91 Å². The summed E-state index contributed by atoms with van der Waals surface area (Å²) in [5, 5.41) is 5.94. The number of rotatable bonds is 10. The van der Waals surface area contributed by atoms with Crippen molar-refractivity contribution in [2.45, 2.75) is 32.1 Å². The number of ether oxygens (including phenoxy) is 2. The molecule has 19 heavy (non-hydrogen) atoms. The van der Waals surface area contributed by atoms with Gasteiger partial charge in [0.15, 0.2) is 0 Å². The molecule has 1 fully saturated rings. The summed E-state index contributed by atoms with van der Waals surface area (Å²) < 4.78 is 10.9. The fraction of sp³-hybridized carbons (Fsp3) is 0.929. The smallest absolute Gasteiger partial charge is 0.220 e. The van der Waals surface area contributed by atoms with Crippen molar-refractivity contribution < 1.29 is 14.3 Å². The van der Waals surface area contributed by atoms with Gasteiger partial charge < -0.3 is 20.1 Å². The number of amides is 1. The molecule has 5 heteroatoms. The first-order valence-electron chi connectivity index (χ1n) is 7.39. The lowest BCUT2D eigenvalue weighted by Gasteiger charge is -2.21. The Hall–Kier alpha value is -0.650. The van der Waals surface area contributed by atoms with Crippen molar-refractivity contribution >= 4 is 5.91 Å². The molecule has 0 unspecified atom stereocenters. The van der Waals surface area contributed by atoms with Gasteiger partial charge in [-0.25, -0.2) is 0 Å². The Balaban J connectivity index is 1.83. The van der Waals surface area contributed by atoms with Crippen molar-refractivity contribution in [3.8, 4) is 0 Å². The van der Waals surface area contributed by atoms with Gasteiger partial charge in [0.05, 0.1) is 0 Å². The fourth-order valence-electron chi connectivity index (χ4n) is 2.08. The van der Waals surface area contributed by atoms with Gasteiger partial charge in [0.1, 0.15) is 0 Å². The molecule has 0 spiro atoms. The van der Waals surface area contributed by atoms with Crippen molar-refractivity contribution in [3.05, 3.63) is 0 Å². The second-order valence-corrected chi connectivity index (χ2v) is 5.04. The van der Waals surface area contributed by atoms with Crippen LogP contribution in [0.3, 0.4) is 0 Å². The molecule has 5 nitrogen and oxygen atoms in total. The SMILES string of the molecule is CNCCCC(=O)NCCCOCC1CCOCC1. The van der Waals surface area contributed by atoms with Gasteiger partial charge in [0.2, 0.25) is 5.91 Å². The highest BCUT2D eigenvalue weighted by molar-refractivity contribution is 5.75. The molecule has 0 aromatic carbocycles. The summed E-state index contributed by atoms with van der Waals surface area (Å²) in [6.45, 7) is 4.91. The summed E-state index contributed by atoms with van der Waals surface area (Å²) in [4.78, 5) is 11.4. The number of hydrogen-bond donors (Lipinski definition) is 2. The number of carbonyl (C=O) groups excluding carboxylic acids is 1. The molecule has 1 aliphatic rings. The van der Waals surface area contributed by atoms with E-state index >= 15 is 0 Å². The molecule has 0 bridgehead atoms. The van der Waals surface area contributed by atoms with Crippen molar-refractivity contribution in [2.75, 3.05) is 46.6 Å². The van der Waals surface area contributed by atoms with Gasteiger partial charge in [-0.05, 0) is 45.2 Å². The molecule has 1 rings (SSSR count). The topological polar surface area (TPSA) is 59.6 Å². The fourth-order valence-corrected chi connectivity index (χ4v) is 2.08. The zero-order valence-electron chi connectivity index (χ0n) is 12.1. The maximum absolute atomic E-state index is 11.4. The van der Waals surface area contributed by atoms with E-state index in [1.165, 1.54) is 0 Å². The normalized spacial score (nSPS) is 16.5. The first-order valence-corrected chi connectivity index (χ1v) is 7.39. The van der Waals surface area contributed by atoms with Crippen LogP contribution in [0.2, 0.25) is 0 Å². The molecule has 1 amide bonds. The molecule has 0 aromatic heterocycles. The lowest BCUT2D eigenvalue weighted by Crippen LogP contribution is -2.26. The number of nitrogens with one attached hydrogen (secondary N) is 2. The Bertz CT molecular complexity index is 231. The second kappa shape index (κ2) is 11.2. The average Bonchev–Trinajstić information content (AvgIpc) is 2.44. The Morgan fingerprint density at radius 1 is 1.26 bits per heavy atom. The van der Waals surface area contributed by atoms with Gasteiger partial charge in [-0.1, -0.05) is 0 Å². The van der Waals surface area contributed by atoms with E-state index < -0.39 is 0 Å². The van der Waals surface area contributed by atoms with E-state index in [9.17, 15) is 4.79 Å². The van der Waals surface area contributed by atoms with Crippen LogP contribution in [0.4, 0.5) is 0 Å². The zero-order chi connectivity index (χ0) is 13.8. The predicted molar refractivity (Wildman–Crippen MR) is 75.1 cm³/mol. The third kappa shape index (κ3) is 8.97. The molecule has 0 aromatic rings. The van der Waals surface area contributed by atoms with Gasteiger partial charge in [-0.2, -0.15) is 0 Å². The van der Waals surface area contributed by atoms with Gasteiger partial charge in [0.25, 0.3) is 0 Å². The van der Waals surface area contributed by atoms with E-state index in [0.29, 0.717) is 18.9 Å². The summed E-state index contributed by atoms with van der Waals surface area (Å²) in [5.41, 5.74) is 0. The Labute approximate surface area is 116 Å². The second-order valence-electron chi connectivity index (χ2n) is 5.04. The van der Waals surface area contributed by atoms with Crippen molar-refractivity contribution in [1.82, 2.24) is 10.6 Å². The van der Waals surface area contributed by atoms with Crippen LogP contribution in [0.25, 0.3) is 0 Å². The van der Waals surface area contributed by atoms with E-state index in [4.69, 9.17) is 9.47 Å². The van der Waals surface area contributed by atoms with Gasteiger partial charge in [0, 0.05) is 39.4 Å². The summed E-state index contributed by atoms with van der Waals surface area (Å²) in [6.07, 6.45) is 4.61. The summed E-state index contributed by atoms with van der Waals surface area (Å²) in [7, 11) is 1.90. The largest absolute Gasteiger partial charge is 0.381 e. The molecule has 1 heterocycles. The summed E-state index contributed by atoms with van der Waals surface area (Å²) >= 11 is 0. The molecule has 0 radical (unpaired) electrons.